The van der Waals surface area contributed by atoms with E-state index in [0.29, 0.717) is 5.41 Å². The standard InChI is InChI=1S/C14H27N3S/c1-14(2)3-8-18-11-13(14)17-9-12(10-17)16-6-4-15-5-7-16/h12-13,15H,3-11H2,1-2H3. The SMILES string of the molecule is CC1(C)CCSCC1N1CC(N2CCNCC2)C1. The van der Waals surface area contributed by atoms with E-state index in [1.807, 2.05) is 0 Å². The molecular weight excluding hydrogens is 242 g/mol. The van der Waals surface area contributed by atoms with E-state index in [-0.39, 0.29) is 0 Å². The molecule has 4 heteroatoms. The molecule has 3 aliphatic rings. The predicted molar refractivity (Wildman–Crippen MR) is 79.3 cm³/mol. The van der Waals surface area contributed by atoms with Gasteiger partial charge in [-0.05, 0) is 17.6 Å². The first-order chi connectivity index (χ1) is 8.67. The van der Waals surface area contributed by atoms with E-state index in [1.165, 1.54) is 57.2 Å². The van der Waals surface area contributed by atoms with Crippen LogP contribution in [-0.2, 0) is 0 Å². The van der Waals surface area contributed by atoms with Crippen molar-refractivity contribution in [3.8, 4) is 0 Å². The van der Waals surface area contributed by atoms with E-state index in [0.717, 1.165) is 12.1 Å². The Hall–Kier alpha value is 0.230. The molecule has 1 unspecified atom stereocenters. The van der Waals surface area contributed by atoms with Gasteiger partial charge in [-0.25, -0.2) is 0 Å². The summed E-state index contributed by atoms with van der Waals surface area (Å²) >= 11 is 2.15. The molecule has 0 saturated carbocycles. The zero-order chi connectivity index (χ0) is 12.6. The summed E-state index contributed by atoms with van der Waals surface area (Å²) in [4.78, 5) is 5.44. The molecule has 0 radical (unpaired) electrons. The normalized spacial score (nSPS) is 35.3. The quantitative estimate of drug-likeness (QED) is 0.809. The molecule has 3 saturated heterocycles. The van der Waals surface area contributed by atoms with Gasteiger partial charge in [0.15, 0.2) is 0 Å². The van der Waals surface area contributed by atoms with Crippen molar-refractivity contribution in [2.45, 2.75) is 32.4 Å². The first-order valence-corrected chi connectivity index (χ1v) is 8.59. The van der Waals surface area contributed by atoms with Gasteiger partial charge in [0.25, 0.3) is 0 Å². The van der Waals surface area contributed by atoms with Crippen LogP contribution in [0.2, 0.25) is 0 Å². The average Bonchev–Trinajstić information content (AvgIpc) is 2.30. The van der Waals surface area contributed by atoms with Crippen molar-refractivity contribution in [3.05, 3.63) is 0 Å². The van der Waals surface area contributed by atoms with Gasteiger partial charge < -0.3 is 5.32 Å². The molecule has 0 bridgehead atoms. The molecule has 1 atom stereocenters. The van der Waals surface area contributed by atoms with Crippen molar-refractivity contribution >= 4 is 11.8 Å². The number of nitrogens with zero attached hydrogens (tertiary/aromatic N) is 2. The van der Waals surface area contributed by atoms with Crippen molar-refractivity contribution in [2.75, 3.05) is 50.8 Å². The Morgan fingerprint density at radius 2 is 1.83 bits per heavy atom. The molecule has 18 heavy (non-hydrogen) atoms. The third-order valence-electron chi connectivity index (χ3n) is 5.07. The second-order valence-electron chi connectivity index (χ2n) is 6.72. The summed E-state index contributed by atoms with van der Waals surface area (Å²) in [6.07, 6.45) is 1.39. The van der Waals surface area contributed by atoms with E-state index < -0.39 is 0 Å². The van der Waals surface area contributed by atoms with Gasteiger partial charge in [0.05, 0.1) is 0 Å². The maximum Gasteiger partial charge on any atom is 0.0351 e. The van der Waals surface area contributed by atoms with E-state index >= 15 is 0 Å². The first kappa shape index (κ1) is 13.2. The van der Waals surface area contributed by atoms with Gasteiger partial charge in [-0.2, -0.15) is 11.8 Å². The summed E-state index contributed by atoms with van der Waals surface area (Å²) in [6.45, 7) is 12.4. The largest absolute Gasteiger partial charge is 0.314 e. The summed E-state index contributed by atoms with van der Waals surface area (Å²) in [7, 11) is 0. The highest BCUT2D eigenvalue weighted by Gasteiger charge is 2.43. The van der Waals surface area contributed by atoms with Crippen LogP contribution < -0.4 is 5.32 Å². The Labute approximate surface area is 116 Å². The fraction of sp³-hybridized carbons (Fsp3) is 1.00. The Balaban J connectivity index is 1.51. The monoisotopic (exact) mass is 269 g/mol. The zero-order valence-corrected chi connectivity index (χ0v) is 12.6. The Bertz CT molecular complexity index is 283. The fourth-order valence-corrected chi connectivity index (χ4v) is 5.27. The van der Waals surface area contributed by atoms with Crippen LogP contribution in [0.1, 0.15) is 20.3 Å². The van der Waals surface area contributed by atoms with Gasteiger partial charge in [-0.3, -0.25) is 9.80 Å². The highest BCUT2D eigenvalue weighted by atomic mass is 32.2. The van der Waals surface area contributed by atoms with Crippen LogP contribution >= 0.6 is 11.8 Å². The van der Waals surface area contributed by atoms with E-state index in [9.17, 15) is 0 Å². The highest BCUT2D eigenvalue weighted by molar-refractivity contribution is 7.99. The molecule has 0 spiro atoms. The number of hydrogen-bond donors (Lipinski definition) is 1. The maximum atomic E-state index is 3.45. The van der Waals surface area contributed by atoms with Crippen LogP contribution in [0.25, 0.3) is 0 Å². The number of nitrogens with one attached hydrogen (secondary N) is 1. The Kier molecular flexibility index (Phi) is 3.90. The van der Waals surface area contributed by atoms with Crippen LogP contribution in [-0.4, -0.2) is 72.7 Å². The minimum absolute atomic E-state index is 0.527. The van der Waals surface area contributed by atoms with Crippen LogP contribution in [0, 0.1) is 5.41 Å². The molecule has 3 nitrogen and oxygen atoms in total. The molecule has 0 aliphatic carbocycles. The van der Waals surface area contributed by atoms with Crippen molar-refractivity contribution in [2.24, 2.45) is 5.41 Å². The van der Waals surface area contributed by atoms with Gasteiger partial charge in [-0.15, -0.1) is 0 Å². The molecule has 3 aliphatic heterocycles. The summed E-state index contributed by atoms with van der Waals surface area (Å²) in [5.74, 6) is 2.71. The molecule has 3 heterocycles. The van der Waals surface area contributed by atoms with Crippen molar-refractivity contribution in [1.82, 2.24) is 15.1 Å². The van der Waals surface area contributed by atoms with Crippen LogP contribution in [0.5, 0.6) is 0 Å². The van der Waals surface area contributed by atoms with E-state index in [1.54, 1.807) is 0 Å². The molecule has 3 rings (SSSR count). The lowest BCUT2D eigenvalue weighted by atomic mass is 9.79. The fourth-order valence-electron chi connectivity index (χ4n) is 3.54. The molecule has 0 amide bonds. The minimum atomic E-state index is 0.527. The molecule has 0 aromatic rings. The number of piperazine rings is 1. The van der Waals surface area contributed by atoms with E-state index in [2.05, 4.69) is 40.7 Å². The van der Waals surface area contributed by atoms with Crippen molar-refractivity contribution in [1.29, 1.82) is 0 Å². The molecule has 1 N–H and O–H groups in total. The predicted octanol–water partition coefficient (Wildman–Crippen LogP) is 1.11. The first-order valence-electron chi connectivity index (χ1n) is 7.43. The van der Waals surface area contributed by atoms with Crippen molar-refractivity contribution < 1.29 is 0 Å². The van der Waals surface area contributed by atoms with Gasteiger partial charge >= 0.3 is 0 Å². The van der Waals surface area contributed by atoms with E-state index in [4.69, 9.17) is 0 Å². The smallest absolute Gasteiger partial charge is 0.0351 e. The topological polar surface area (TPSA) is 18.5 Å². The summed E-state index contributed by atoms with van der Waals surface area (Å²) < 4.78 is 0. The number of thioether (sulfide) groups is 1. The molecule has 104 valence electrons. The van der Waals surface area contributed by atoms with Crippen LogP contribution in [0.3, 0.4) is 0 Å². The average molecular weight is 269 g/mol. The molecule has 0 aromatic heterocycles. The van der Waals surface area contributed by atoms with Gasteiger partial charge in [-0.1, -0.05) is 13.8 Å². The zero-order valence-electron chi connectivity index (χ0n) is 11.8. The van der Waals surface area contributed by atoms with Crippen LogP contribution in [0.15, 0.2) is 0 Å². The second-order valence-corrected chi connectivity index (χ2v) is 7.87. The van der Waals surface area contributed by atoms with Gasteiger partial charge in [0, 0.05) is 57.1 Å². The number of hydrogen-bond acceptors (Lipinski definition) is 4. The Morgan fingerprint density at radius 3 is 2.50 bits per heavy atom. The highest BCUT2D eigenvalue weighted by Crippen LogP contribution is 2.39. The number of likely N-dealkylation sites (tertiary alicyclic amines) is 1. The minimum Gasteiger partial charge on any atom is -0.314 e. The lowest BCUT2D eigenvalue weighted by molar-refractivity contribution is -0.0295. The summed E-state index contributed by atoms with van der Waals surface area (Å²) in [6, 6.07) is 1.66. The maximum absolute atomic E-state index is 3.45. The second kappa shape index (κ2) is 5.31. The molecule has 3 fully saturated rings. The summed E-state index contributed by atoms with van der Waals surface area (Å²) in [5, 5.41) is 3.45. The third kappa shape index (κ3) is 2.58. The number of rotatable bonds is 2. The van der Waals surface area contributed by atoms with Crippen molar-refractivity contribution in [3.63, 3.8) is 0 Å². The molecule has 0 aromatic carbocycles. The lowest BCUT2D eigenvalue weighted by Crippen LogP contribution is -2.67. The molecular formula is C14H27N3S. The third-order valence-corrected chi connectivity index (χ3v) is 6.11. The lowest BCUT2D eigenvalue weighted by Gasteiger charge is -2.54. The van der Waals surface area contributed by atoms with Crippen LogP contribution in [0.4, 0.5) is 0 Å². The Morgan fingerprint density at radius 1 is 1.11 bits per heavy atom. The summed E-state index contributed by atoms with van der Waals surface area (Å²) in [5.41, 5.74) is 0.527. The van der Waals surface area contributed by atoms with Gasteiger partial charge in [0.2, 0.25) is 0 Å². The van der Waals surface area contributed by atoms with Gasteiger partial charge in [0.1, 0.15) is 0 Å².